The molecular formula is C45H33N. The van der Waals surface area contributed by atoms with Crippen LogP contribution in [-0.2, 0) is 5.41 Å². The van der Waals surface area contributed by atoms with Crippen LogP contribution in [0.3, 0.4) is 0 Å². The minimum absolute atomic E-state index is 0.199. The summed E-state index contributed by atoms with van der Waals surface area (Å²) in [5, 5.41) is 7.58. The Hall–Kier alpha value is -5.66. The van der Waals surface area contributed by atoms with E-state index in [-0.39, 0.29) is 5.41 Å². The number of hydrogen-bond acceptors (Lipinski definition) is 1. The quantitative estimate of drug-likeness (QED) is 0.185. The van der Waals surface area contributed by atoms with Gasteiger partial charge in [-0.15, -0.1) is 0 Å². The molecule has 1 aliphatic rings. The molecule has 0 saturated carbocycles. The standard InChI is InChI=1S/C45H33N/c1-45(2)41-22-11-10-21-39(41)40-29-35-26-24-31-14-8-9-20-38(31)42(35)44(43(40)45)46(36-17-4-3-5-18-36)37-19-12-16-33(28-37)34-25-23-30-13-6-7-15-32(30)27-34/h3-29H,1-2H3. The van der Waals surface area contributed by atoms with Gasteiger partial charge >= 0.3 is 0 Å². The maximum atomic E-state index is 2.52. The molecule has 1 heteroatoms. The predicted molar refractivity (Wildman–Crippen MR) is 197 cm³/mol. The van der Waals surface area contributed by atoms with E-state index in [1.807, 2.05) is 0 Å². The number of rotatable bonds is 4. The van der Waals surface area contributed by atoms with Gasteiger partial charge in [-0.3, -0.25) is 0 Å². The number of nitrogens with zero attached hydrogens (tertiary/aromatic N) is 1. The summed E-state index contributed by atoms with van der Waals surface area (Å²) in [6, 6.07) is 60.2. The highest BCUT2D eigenvalue weighted by Gasteiger charge is 2.40. The molecule has 0 aromatic heterocycles. The largest absolute Gasteiger partial charge is 0.309 e. The summed E-state index contributed by atoms with van der Waals surface area (Å²) in [5.41, 5.74) is 11.2. The number of fused-ring (bicyclic) bond motifs is 7. The molecule has 9 rings (SSSR count). The average molecular weight is 588 g/mol. The van der Waals surface area contributed by atoms with Crippen molar-refractivity contribution in [1.82, 2.24) is 0 Å². The van der Waals surface area contributed by atoms with Crippen LogP contribution in [0.2, 0.25) is 0 Å². The monoisotopic (exact) mass is 587 g/mol. The van der Waals surface area contributed by atoms with E-state index in [1.165, 1.54) is 71.4 Å². The summed E-state index contributed by atoms with van der Waals surface area (Å²) < 4.78 is 0. The highest BCUT2D eigenvalue weighted by Crippen LogP contribution is 2.57. The molecule has 0 saturated heterocycles. The van der Waals surface area contributed by atoms with Crippen LogP contribution >= 0.6 is 0 Å². The molecule has 0 spiro atoms. The van der Waals surface area contributed by atoms with Crippen LogP contribution in [0.25, 0.3) is 54.6 Å². The van der Waals surface area contributed by atoms with Gasteiger partial charge in [0.25, 0.3) is 0 Å². The lowest BCUT2D eigenvalue weighted by atomic mass is 9.79. The van der Waals surface area contributed by atoms with E-state index in [0.29, 0.717) is 0 Å². The van der Waals surface area contributed by atoms with Gasteiger partial charge in [-0.05, 0) is 96.7 Å². The molecule has 1 aliphatic carbocycles. The second kappa shape index (κ2) is 10.2. The Labute approximate surface area is 270 Å². The normalized spacial score (nSPS) is 13.2. The highest BCUT2D eigenvalue weighted by molar-refractivity contribution is 6.18. The van der Waals surface area contributed by atoms with Crippen molar-refractivity contribution >= 4 is 49.4 Å². The molecule has 0 aliphatic heterocycles. The molecule has 0 N–H and O–H groups in total. The van der Waals surface area contributed by atoms with Crippen molar-refractivity contribution in [1.29, 1.82) is 0 Å². The Morgan fingerprint density at radius 2 is 1.09 bits per heavy atom. The zero-order valence-corrected chi connectivity index (χ0v) is 26.0. The lowest BCUT2D eigenvalue weighted by Crippen LogP contribution is -2.21. The van der Waals surface area contributed by atoms with Crippen LogP contribution in [0.5, 0.6) is 0 Å². The van der Waals surface area contributed by atoms with E-state index in [2.05, 4.69) is 183 Å². The molecule has 0 fully saturated rings. The molecule has 0 unspecified atom stereocenters. The second-order valence-corrected chi connectivity index (χ2v) is 13.0. The molecule has 0 atom stereocenters. The van der Waals surface area contributed by atoms with E-state index in [9.17, 15) is 0 Å². The van der Waals surface area contributed by atoms with Gasteiger partial charge < -0.3 is 4.90 Å². The third-order valence-electron chi connectivity index (χ3n) is 9.94. The van der Waals surface area contributed by atoms with Crippen LogP contribution in [0.15, 0.2) is 164 Å². The number of para-hydroxylation sites is 1. The summed E-state index contributed by atoms with van der Waals surface area (Å²) in [6.45, 7) is 4.79. The van der Waals surface area contributed by atoms with Gasteiger partial charge in [-0.25, -0.2) is 0 Å². The van der Waals surface area contributed by atoms with E-state index >= 15 is 0 Å². The van der Waals surface area contributed by atoms with Gasteiger partial charge in [0.05, 0.1) is 5.69 Å². The summed E-state index contributed by atoms with van der Waals surface area (Å²) in [7, 11) is 0. The van der Waals surface area contributed by atoms with Crippen LogP contribution in [0.4, 0.5) is 17.1 Å². The molecule has 218 valence electrons. The third-order valence-corrected chi connectivity index (χ3v) is 9.94. The molecule has 0 heterocycles. The van der Waals surface area contributed by atoms with Crippen molar-refractivity contribution in [2.24, 2.45) is 0 Å². The van der Waals surface area contributed by atoms with Gasteiger partial charge in [0, 0.05) is 22.2 Å². The topological polar surface area (TPSA) is 3.24 Å². The minimum Gasteiger partial charge on any atom is -0.309 e. The van der Waals surface area contributed by atoms with Crippen molar-refractivity contribution < 1.29 is 0 Å². The molecule has 0 radical (unpaired) electrons. The zero-order chi connectivity index (χ0) is 30.8. The van der Waals surface area contributed by atoms with Gasteiger partial charge in [0.2, 0.25) is 0 Å². The van der Waals surface area contributed by atoms with E-state index < -0.39 is 0 Å². The molecular weight excluding hydrogens is 555 g/mol. The maximum absolute atomic E-state index is 2.52. The van der Waals surface area contributed by atoms with Crippen molar-refractivity contribution in [2.75, 3.05) is 4.90 Å². The van der Waals surface area contributed by atoms with Crippen molar-refractivity contribution in [3.05, 3.63) is 175 Å². The van der Waals surface area contributed by atoms with Crippen LogP contribution in [-0.4, -0.2) is 0 Å². The van der Waals surface area contributed by atoms with Crippen molar-refractivity contribution in [3.8, 4) is 22.3 Å². The first-order valence-corrected chi connectivity index (χ1v) is 16.1. The van der Waals surface area contributed by atoms with Crippen LogP contribution < -0.4 is 4.90 Å². The van der Waals surface area contributed by atoms with Crippen molar-refractivity contribution in [3.63, 3.8) is 0 Å². The number of hydrogen-bond donors (Lipinski definition) is 0. The van der Waals surface area contributed by atoms with Crippen molar-refractivity contribution in [2.45, 2.75) is 19.3 Å². The fourth-order valence-electron chi connectivity index (χ4n) is 7.80. The van der Waals surface area contributed by atoms with Gasteiger partial charge in [0.15, 0.2) is 0 Å². The molecule has 8 aromatic carbocycles. The fourth-order valence-corrected chi connectivity index (χ4v) is 7.80. The first kappa shape index (κ1) is 26.7. The Balaban J connectivity index is 1.39. The van der Waals surface area contributed by atoms with Crippen LogP contribution in [0, 0.1) is 0 Å². The predicted octanol–water partition coefficient (Wildman–Crippen LogP) is 12.6. The Kier molecular flexibility index (Phi) is 5.92. The maximum Gasteiger partial charge on any atom is 0.0593 e. The fraction of sp³-hybridized carbons (Fsp3) is 0.0667. The third kappa shape index (κ3) is 4.02. The van der Waals surface area contributed by atoms with E-state index in [4.69, 9.17) is 0 Å². The lowest BCUT2D eigenvalue weighted by Gasteiger charge is -2.34. The molecule has 8 aromatic rings. The molecule has 0 bridgehead atoms. The van der Waals surface area contributed by atoms with E-state index in [1.54, 1.807) is 0 Å². The summed E-state index contributed by atoms with van der Waals surface area (Å²) >= 11 is 0. The Morgan fingerprint density at radius 3 is 1.96 bits per heavy atom. The van der Waals surface area contributed by atoms with E-state index in [0.717, 1.165) is 11.4 Å². The van der Waals surface area contributed by atoms with Crippen LogP contribution in [0.1, 0.15) is 25.0 Å². The first-order chi connectivity index (χ1) is 22.6. The lowest BCUT2D eigenvalue weighted by molar-refractivity contribution is 0.661. The SMILES string of the molecule is CC1(C)c2ccccc2-c2cc3ccc4ccccc4c3c(N(c3ccccc3)c3cccc(-c4ccc5ccccc5c4)c3)c21. The average Bonchev–Trinajstić information content (AvgIpc) is 3.34. The molecule has 0 amide bonds. The van der Waals surface area contributed by atoms with Gasteiger partial charge in [-0.1, -0.05) is 141 Å². The number of anilines is 3. The second-order valence-electron chi connectivity index (χ2n) is 13.0. The summed E-state index contributed by atoms with van der Waals surface area (Å²) in [6.07, 6.45) is 0. The first-order valence-electron chi connectivity index (χ1n) is 16.1. The minimum atomic E-state index is -0.199. The Morgan fingerprint density at radius 1 is 0.435 bits per heavy atom. The summed E-state index contributed by atoms with van der Waals surface area (Å²) in [5.74, 6) is 0. The van der Waals surface area contributed by atoms with Gasteiger partial charge in [-0.2, -0.15) is 0 Å². The molecule has 46 heavy (non-hydrogen) atoms. The zero-order valence-electron chi connectivity index (χ0n) is 26.0. The smallest absolute Gasteiger partial charge is 0.0593 e. The molecule has 1 nitrogen and oxygen atoms in total. The number of benzene rings is 8. The highest BCUT2D eigenvalue weighted by atomic mass is 15.1. The van der Waals surface area contributed by atoms with Gasteiger partial charge in [0.1, 0.15) is 0 Å². The Bertz CT molecular complexity index is 2450. The summed E-state index contributed by atoms with van der Waals surface area (Å²) in [4.78, 5) is 2.52.